The van der Waals surface area contributed by atoms with Crippen molar-refractivity contribution >= 4 is 34.9 Å². The van der Waals surface area contributed by atoms with Gasteiger partial charge in [0.15, 0.2) is 0 Å². The Morgan fingerprint density at radius 3 is 2.95 bits per heavy atom. The lowest BCUT2D eigenvalue weighted by Crippen LogP contribution is -2.11. The highest BCUT2D eigenvalue weighted by atomic mass is 35.5. The molecule has 0 radical (unpaired) electrons. The number of esters is 1. The lowest BCUT2D eigenvalue weighted by atomic mass is 10.1. The molecule has 0 spiro atoms. The average Bonchev–Trinajstić information content (AvgIpc) is 2.91. The maximum atomic E-state index is 11.9. The molecule has 1 aromatic rings. The predicted octanol–water partition coefficient (Wildman–Crippen LogP) is 3.69. The lowest BCUT2D eigenvalue weighted by molar-refractivity contribution is 0.0461. The van der Waals surface area contributed by atoms with Crippen molar-refractivity contribution < 1.29 is 14.3 Å². The number of nitrogens with two attached hydrogens (primary N) is 1. The minimum Gasteiger partial charge on any atom is -0.462 e. The number of hydrogen-bond acceptors (Lipinski definition) is 4. The Kier molecular flexibility index (Phi) is 5.52. The minimum atomic E-state index is -0.503. The van der Waals surface area contributed by atoms with E-state index in [4.69, 9.17) is 38.4 Å². The van der Waals surface area contributed by atoms with Gasteiger partial charge in [-0.25, -0.2) is 4.79 Å². The molecule has 1 atom stereocenters. The van der Waals surface area contributed by atoms with Crippen molar-refractivity contribution in [3.05, 3.63) is 27.7 Å². The number of halogens is 2. The van der Waals surface area contributed by atoms with Crippen LogP contribution in [0, 0.1) is 0 Å². The molecule has 0 aliphatic carbocycles. The number of benzene rings is 1. The molecular formula is C14H17Cl2NO3. The average molecular weight is 318 g/mol. The van der Waals surface area contributed by atoms with Crippen LogP contribution in [0.2, 0.25) is 10.0 Å². The Morgan fingerprint density at radius 2 is 2.25 bits per heavy atom. The summed E-state index contributed by atoms with van der Waals surface area (Å²) in [5.41, 5.74) is 6.22. The quantitative estimate of drug-likeness (QED) is 0.511. The van der Waals surface area contributed by atoms with E-state index in [0.29, 0.717) is 18.4 Å². The molecule has 110 valence electrons. The monoisotopic (exact) mass is 317 g/mol. The summed E-state index contributed by atoms with van der Waals surface area (Å²) in [4.78, 5) is 11.9. The van der Waals surface area contributed by atoms with Gasteiger partial charge in [-0.15, -0.1) is 0 Å². The van der Waals surface area contributed by atoms with Crippen LogP contribution < -0.4 is 5.73 Å². The molecule has 2 rings (SSSR count). The van der Waals surface area contributed by atoms with E-state index in [1.54, 1.807) is 0 Å². The van der Waals surface area contributed by atoms with Crippen molar-refractivity contribution in [2.24, 2.45) is 0 Å². The van der Waals surface area contributed by atoms with Gasteiger partial charge >= 0.3 is 5.97 Å². The fraction of sp³-hybridized carbons (Fsp3) is 0.500. The molecule has 1 fully saturated rings. The summed E-state index contributed by atoms with van der Waals surface area (Å²) in [7, 11) is 0. The fourth-order valence-corrected chi connectivity index (χ4v) is 2.60. The van der Waals surface area contributed by atoms with Gasteiger partial charge < -0.3 is 15.2 Å². The third kappa shape index (κ3) is 4.01. The van der Waals surface area contributed by atoms with Crippen molar-refractivity contribution in [3.63, 3.8) is 0 Å². The fourth-order valence-electron chi connectivity index (χ4n) is 2.18. The highest BCUT2D eigenvalue weighted by Crippen LogP contribution is 2.29. The van der Waals surface area contributed by atoms with E-state index in [1.165, 1.54) is 12.1 Å². The molecular weight excluding hydrogens is 301 g/mol. The van der Waals surface area contributed by atoms with E-state index in [2.05, 4.69) is 0 Å². The molecule has 0 saturated carbocycles. The molecule has 2 N–H and O–H groups in total. The number of nitrogen functional groups attached to an aromatic ring is 1. The van der Waals surface area contributed by atoms with Crippen LogP contribution in [0.15, 0.2) is 12.1 Å². The predicted molar refractivity (Wildman–Crippen MR) is 79.4 cm³/mol. The van der Waals surface area contributed by atoms with E-state index in [9.17, 15) is 4.79 Å². The van der Waals surface area contributed by atoms with Crippen LogP contribution in [0.3, 0.4) is 0 Å². The second kappa shape index (κ2) is 7.16. The Balaban J connectivity index is 1.82. The van der Waals surface area contributed by atoms with Crippen molar-refractivity contribution in [2.45, 2.75) is 31.8 Å². The second-order valence-electron chi connectivity index (χ2n) is 4.78. The van der Waals surface area contributed by atoms with Gasteiger partial charge in [0.1, 0.15) is 0 Å². The van der Waals surface area contributed by atoms with Gasteiger partial charge in [0.25, 0.3) is 0 Å². The number of carbonyl (C=O) groups excluding carboxylic acids is 1. The molecule has 6 heteroatoms. The first-order valence-corrected chi connectivity index (χ1v) is 7.37. The Hall–Kier alpha value is -0.970. The van der Waals surface area contributed by atoms with Crippen LogP contribution in [0.1, 0.15) is 36.0 Å². The van der Waals surface area contributed by atoms with Gasteiger partial charge in [0, 0.05) is 12.3 Å². The molecule has 1 heterocycles. The van der Waals surface area contributed by atoms with Crippen LogP contribution in [0.4, 0.5) is 5.69 Å². The lowest BCUT2D eigenvalue weighted by Gasteiger charge is -2.10. The van der Waals surface area contributed by atoms with Gasteiger partial charge in [-0.1, -0.05) is 23.2 Å². The third-order valence-electron chi connectivity index (χ3n) is 3.20. The minimum absolute atomic E-state index is 0.171. The van der Waals surface area contributed by atoms with E-state index in [-0.39, 0.29) is 15.6 Å². The SMILES string of the molecule is Nc1cc(Cl)c(Cl)c(C(=O)OCCCC2CCCO2)c1. The van der Waals surface area contributed by atoms with Crippen LogP contribution >= 0.6 is 23.2 Å². The first-order chi connectivity index (χ1) is 9.58. The molecule has 1 aromatic carbocycles. The highest BCUT2D eigenvalue weighted by Gasteiger charge is 2.17. The third-order valence-corrected chi connectivity index (χ3v) is 4.00. The number of rotatable bonds is 5. The summed E-state index contributed by atoms with van der Waals surface area (Å²) in [6.07, 6.45) is 4.17. The second-order valence-corrected chi connectivity index (χ2v) is 5.56. The number of hydrogen-bond donors (Lipinski definition) is 1. The molecule has 0 bridgehead atoms. The van der Waals surface area contributed by atoms with Crippen molar-refractivity contribution in [1.29, 1.82) is 0 Å². The molecule has 1 aliphatic rings. The normalized spacial score (nSPS) is 18.2. The summed E-state index contributed by atoms with van der Waals surface area (Å²) in [6.45, 7) is 1.17. The largest absolute Gasteiger partial charge is 0.462 e. The molecule has 20 heavy (non-hydrogen) atoms. The molecule has 1 unspecified atom stereocenters. The number of ether oxygens (including phenoxy) is 2. The van der Waals surface area contributed by atoms with Crippen molar-refractivity contribution in [2.75, 3.05) is 18.9 Å². The maximum absolute atomic E-state index is 11.9. The summed E-state index contributed by atoms with van der Waals surface area (Å²) in [5, 5.41) is 0.419. The highest BCUT2D eigenvalue weighted by molar-refractivity contribution is 6.44. The standard InChI is InChI=1S/C14H17Cl2NO3/c15-12-8-9(17)7-11(13(12)16)14(18)20-6-2-4-10-3-1-5-19-10/h7-8,10H,1-6,17H2. The van der Waals surface area contributed by atoms with E-state index in [0.717, 1.165) is 32.3 Å². The topological polar surface area (TPSA) is 61.6 Å². The zero-order valence-corrected chi connectivity index (χ0v) is 12.5. The Labute approximate surface area is 128 Å². The first-order valence-electron chi connectivity index (χ1n) is 6.61. The summed E-state index contributed by atoms with van der Waals surface area (Å²) >= 11 is 11.8. The van der Waals surface area contributed by atoms with Crippen LogP contribution in [0.5, 0.6) is 0 Å². The van der Waals surface area contributed by atoms with E-state index < -0.39 is 5.97 Å². The van der Waals surface area contributed by atoms with Gasteiger partial charge in [-0.3, -0.25) is 0 Å². The zero-order valence-electron chi connectivity index (χ0n) is 11.0. The van der Waals surface area contributed by atoms with Crippen molar-refractivity contribution in [1.82, 2.24) is 0 Å². The summed E-state index contributed by atoms with van der Waals surface area (Å²) in [6, 6.07) is 2.97. The van der Waals surface area contributed by atoms with E-state index in [1.807, 2.05) is 0 Å². The summed E-state index contributed by atoms with van der Waals surface area (Å²) in [5.74, 6) is -0.503. The van der Waals surface area contributed by atoms with Gasteiger partial charge in [-0.05, 0) is 37.8 Å². The van der Waals surface area contributed by atoms with Crippen LogP contribution in [0.25, 0.3) is 0 Å². The molecule has 0 aromatic heterocycles. The Morgan fingerprint density at radius 1 is 1.45 bits per heavy atom. The molecule has 1 aliphatic heterocycles. The Bertz CT molecular complexity index is 488. The molecule has 4 nitrogen and oxygen atoms in total. The first kappa shape index (κ1) is 15.4. The maximum Gasteiger partial charge on any atom is 0.339 e. The summed E-state index contributed by atoms with van der Waals surface area (Å²) < 4.78 is 10.7. The van der Waals surface area contributed by atoms with Gasteiger partial charge in [0.05, 0.1) is 28.3 Å². The van der Waals surface area contributed by atoms with Crippen LogP contribution in [-0.2, 0) is 9.47 Å². The van der Waals surface area contributed by atoms with E-state index >= 15 is 0 Å². The molecule has 1 saturated heterocycles. The van der Waals surface area contributed by atoms with Crippen LogP contribution in [-0.4, -0.2) is 25.3 Å². The number of carbonyl (C=O) groups is 1. The van der Waals surface area contributed by atoms with Crippen molar-refractivity contribution in [3.8, 4) is 0 Å². The number of anilines is 1. The zero-order chi connectivity index (χ0) is 14.5. The van der Waals surface area contributed by atoms with Gasteiger partial charge in [-0.2, -0.15) is 0 Å². The smallest absolute Gasteiger partial charge is 0.339 e. The van der Waals surface area contributed by atoms with Gasteiger partial charge in [0.2, 0.25) is 0 Å². The molecule has 0 amide bonds.